The number of benzene rings is 1. The van der Waals surface area contributed by atoms with Crippen molar-refractivity contribution in [1.29, 1.82) is 0 Å². The van der Waals surface area contributed by atoms with Crippen molar-refractivity contribution in [1.82, 2.24) is 15.3 Å². The number of nitrogens with zero attached hydrogens (tertiary/aromatic N) is 2. The van der Waals surface area contributed by atoms with Crippen molar-refractivity contribution in [3.05, 3.63) is 30.0 Å². The summed E-state index contributed by atoms with van der Waals surface area (Å²) in [5.41, 5.74) is 2.67. The molecule has 1 aromatic carbocycles. The number of aromatic nitrogens is 2. The highest BCUT2D eigenvalue weighted by atomic mass is 16.5. The third-order valence-corrected chi connectivity index (χ3v) is 3.32. The van der Waals surface area contributed by atoms with Crippen LogP contribution in [0.4, 0.5) is 0 Å². The average Bonchev–Trinajstić information content (AvgIpc) is 2.89. The van der Waals surface area contributed by atoms with Crippen molar-refractivity contribution in [3.8, 4) is 5.88 Å². The molecule has 0 bridgehead atoms. The van der Waals surface area contributed by atoms with Gasteiger partial charge in [0.1, 0.15) is 5.69 Å². The lowest BCUT2D eigenvalue weighted by atomic mass is 10.1. The van der Waals surface area contributed by atoms with Gasteiger partial charge in [-0.3, -0.25) is 0 Å². The first kappa shape index (κ1) is 11.4. The maximum absolute atomic E-state index is 5.82. The summed E-state index contributed by atoms with van der Waals surface area (Å²) in [6.45, 7) is 4.80. The summed E-state index contributed by atoms with van der Waals surface area (Å²) >= 11 is 0. The van der Waals surface area contributed by atoms with Gasteiger partial charge in [-0.05, 0) is 32.0 Å². The predicted molar refractivity (Wildman–Crippen MR) is 70.7 cm³/mol. The van der Waals surface area contributed by atoms with Crippen LogP contribution >= 0.6 is 0 Å². The van der Waals surface area contributed by atoms with Crippen LogP contribution in [0.3, 0.4) is 0 Å². The van der Waals surface area contributed by atoms with Crippen LogP contribution in [-0.2, 0) is 0 Å². The van der Waals surface area contributed by atoms with Crippen molar-refractivity contribution < 1.29 is 4.74 Å². The number of para-hydroxylation sites is 2. The number of hydrogen-bond donors (Lipinski definition) is 1. The lowest BCUT2D eigenvalue weighted by Gasteiger charge is -2.12. The van der Waals surface area contributed by atoms with Crippen LogP contribution in [0, 0.1) is 12.8 Å². The van der Waals surface area contributed by atoms with Crippen LogP contribution in [0.1, 0.15) is 12.1 Å². The van der Waals surface area contributed by atoms with Gasteiger partial charge in [0.05, 0.1) is 17.6 Å². The van der Waals surface area contributed by atoms with E-state index in [1.807, 2.05) is 31.2 Å². The van der Waals surface area contributed by atoms with Crippen LogP contribution in [0.15, 0.2) is 24.3 Å². The van der Waals surface area contributed by atoms with Crippen LogP contribution in [-0.4, -0.2) is 29.7 Å². The zero-order valence-corrected chi connectivity index (χ0v) is 10.5. The standard InChI is InChI=1S/C14H17N3O/c1-10-14(18-9-11-6-7-15-8-11)17-13-5-3-2-4-12(13)16-10/h2-5,11,15H,6-9H2,1H3/t11-/m1/s1. The van der Waals surface area contributed by atoms with E-state index in [2.05, 4.69) is 15.3 Å². The Kier molecular flexibility index (Phi) is 3.11. The normalized spacial score (nSPS) is 19.3. The average molecular weight is 243 g/mol. The zero-order chi connectivity index (χ0) is 12.4. The SMILES string of the molecule is Cc1nc2ccccc2nc1OC[C@@H]1CCNC1. The second kappa shape index (κ2) is 4.90. The van der Waals surface area contributed by atoms with E-state index in [4.69, 9.17) is 4.74 Å². The molecule has 4 heteroatoms. The minimum absolute atomic E-state index is 0.595. The fourth-order valence-electron chi connectivity index (χ4n) is 2.26. The molecule has 0 aliphatic carbocycles. The van der Waals surface area contributed by atoms with E-state index in [1.165, 1.54) is 6.42 Å². The van der Waals surface area contributed by atoms with Crippen LogP contribution in [0.2, 0.25) is 0 Å². The second-order valence-corrected chi connectivity index (χ2v) is 4.77. The molecular weight excluding hydrogens is 226 g/mol. The molecule has 0 spiro atoms. The zero-order valence-electron chi connectivity index (χ0n) is 10.5. The summed E-state index contributed by atoms with van der Waals surface area (Å²) in [5, 5.41) is 3.34. The second-order valence-electron chi connectivity index (χ2n) is 4.77. The molecule has 0 radical (unpaired) electrons. The Bertz CT molecular complexity index is 550. The smallest absolute Gasteiger partial charge is 0.235 e. The number of hydrogen-bond acceptors (Lipinski definition) is 4. The molecule has 4 nitrogen and oxygen atoms in total. The van der Waals surface area contributed by atoms with Gasteiger partial charge in [0, 0.05) is 12.5 Å². The predicted octanol–water partition coefficient (Wildman–Crippen LogP) is 1.93. The number of nitrogens with one attached hydrogen (secondary N) is 1. The molecule has 1 N–H and O–H groups in total. The van der Waals surface area contributed by atoms with E-state index in [9.17, 15) is 0 Å². The van der Waals surface area contributed by atoms with Gasteiger partial charge >= 0.3 is 0 Å². The van der Waals surface area contributed by atoms with Crippen molar-refractivity contribution in [2.24, 2.45) is 5.92 Å². The van der Waals surface area contributed by atoms with Crippen molar-refractivity contribution >= 4 is 11.0 Å². The van der Waals surface area contributed by atoms with Gasteiger partial charge in [-0.15, -0.1) is 0 Å². The Hall–Kier alpha value is -1.68. The summed E-state index contributed by atoms with van der Waals surface area (Å²) in [6.07, 6.45) is 1.18. The molecule has 94 valence electrons. The van der Waals surface area contributed by atoms with E-state index in [0.29, 0.717) is 11.8 Å². The van der Waals surface area contributed by atoms with E-state index >= 15 is 0 Å². The molecule has 1 saturated heterocycles. The molecule has 0 unspecified atom stereocenters. The molecule has 1 fully saturated rings. The Morgan fingerprint density at radius 3 is 2.78 bits per heavy atom. The van der Waals surface area contributed by atoms with E-state index in [0.717, 1.165) is 36.4 Å². The Balaban J connectivity index is 1.80. The lowest BCUT2D eigenvalue weighted by molar-refractivity contribution is 0.249. The van der Waals surface area contributed by atoms with E-state index in [-0.39, 0.29) is 0 Å². The first-order chi connectivity index (χ1) is 8.83. The Morgan fingerprint density at radius 2 is 2.06 bits per heavy atom. The van der Waals surface area contributed by atoms with Gasteiger partial charge in [-0.25, -0.2) is 9.97 Å². The topological polar surface area (TPSA) is 47.0 Å². The first-order valence-corrected chi connectivity index (χ1v) is 6.40. The Labute approximate surface area is 106 Å². The number of aryl methyl sites for hydroxylation is 1. The first-order valence-electron chi connectivity index (χ1n) is 6.40. The highest BCUT2D eigenvalue weighted by Crippen LogP contribution is 2.19. The molecule has 2 aromatic rings. The van der Waals surface area contributed by atoms with Crippen LogP contribution in [0.25, 0.3) is 11.0 Å². The fraction of sp³-hybridized carbons (Fsp3) is 0.429. The van der Waals surface area contributed by atoms with Crippen LogP contribution < -0.4 is 10.1 Å². The minimum atomic E-state index is 0.595. The highest BCUT2D eigenvalue weighted by Gasteiger charge is 2.16. The molecule has 0 amide bonds. The molecule has 1 atom stereocenters. The highest BCUT2D eigenvalue weighted by molar-refractivity contribution is 5.74. The lowest BCUT2D eigenvalue weighted by Crippen LogP contribution is -2.16. The van der Waals surface area contributed by atoms with Gasteiger partial charge in [-0.2, -0.15) is 0 Å². The molecule has 2 heterocycles. The molecule has 18 heavy (non-hydrogen) atoms. The van der Waals surface area contributed by atoms with E-state index < -0.39 is 0 Å². The number of rotatable bonds is 3. The summed E-state index contributed by atoms with van der Waals surface area (Å²) in [4.78, 5) is 9.05. The minimum Gasteiger partial charge on any atom is -0.476 e. The van der Waals surface area contributed by atoms with Gasteiger partial charge in [0.2, 0.25) is 5.88 Å². The quantitative estimate of drug-likeness (QED) is 0.894. The van der Waals surface area contributed by atoms with Gasteiger partial charge in [-0.1, -0.05) is 12.1 Å². The molecule has 3 rings (SSSR count). The third kappa shape index (κ3) is 2.29. The van der Waals surface area contributed by atoms with Crippen molar-refractivity contribution in [2.75, 3.05) is 19.7 Å². The van der Waals surface area contributed by atoms with Gasteiger partial charge < -0.3 is 10.1 Å². The van der Waals surface area contributed by atoms with Gasteiger partial charge in [0.15, 0.2) is 0 Å². The third-order valence-electron chi connectivity index (χ3n) is 3.32. The molecular formula is C14H17N3O. The molecule has 0 saturated carbocycles. The monoisotopic (exact) mass is 243 g/mol. The van der Waals surface area contributed by atoms with Gasteiger partial charge in [0.25, 0.3) is 0 Å². The van der Waals surface area contributed by atoms with Crippen molar-refractivity contribution in [2.45, 2.75) is 13.3 Å². The Morgan fingerprint density at radius 1 is 1.28 bits per heavy atom. The maximum atomic E-state index is 5.82. The molecule has 1 aliphatic heterocycles. The van der Waals surface area contributed by atoms with Crippen LogP contribution in [0.5, 0.6) is 5.88 Å². The van der Waals surface area contributed by atoms with Crippen molar-refractivity contribution in [3.63, 3.8) is 0 Å². The largest absolute Gasteiger partial charge is 0.476 e. The fourth-order valence-corrected chi connectivity index (χ4v) is 2.26. The van der Waals surface area contributed by atoms with E-state index in [1.54, 1.807) is 0 Å². The molecule has 1 aromatic heterocycles. The summed E-state index contributed by atoms with van der Waals surface area (Å²) in [5.74, 6) is 1.26. The molecule has 1 aliphatic rings. The summed E-state index contributed by atoms with van der Waals surface area (Å²) < 4.78 is 5.82. The summed E-state index contributed by atoms with van der Waals surface area (Å²) in [6, 6.07) is 7.88. The number of ether oxygens (including phenoxy) is 1. The summed E-state index contributed by atoms with van der Waals surface area (Å²) in [7, 11) is 0. The maximum Gasteiger partial charge on any atom is 0.235 e. The number of fused-ring (bicyclic) bond motifs is 1.